The van der Waals surface area contributed by atoms with E-state index in [0.29, 0.717) is 32.4 Å². The Hall–Kier alpha value is -2.47. The predicted octanol–water partition coefficient (Wildman–Crippen LogP) is 3.57. The fraction of sp³-hybridized carbons (Fsp3) is 0.542. The summed E-state index contributed by atoms with van der Waals surface area (Å²) in [5.41, 5.74) is 2.14. The molecular weight excluding hydrogens is 382 g/mol. The molecule has 1 aliphatic rings. The van der Waals surface area contributed by atoms with Crippen LogP contribution in [0.4, 0.5) is 0 Å². The third-order valence-corrected chi connectivity index (χ3v) is 5.38. The van der Waals surface area contributed by atoms with Crippen molar-refractivity contribution in [2.75, 3.05) is 20.3 Å². The highest BCUT2D eigenvalue weighted by atomic mass is 16.5. The maximum Gasteiger partial charge on any atom is 0.303 e. The first-order valence-electron chi connectivity index (χ1n) is 10.8. The van der Waals surface area contributed by atoms with Crippen LogP contribution in [0.25, 0.3) is 0 Å². The van der Waals surface area contributed by atoms with Crippen LogP contribution >= 0.6 is 0 Å². The van der Waals surface area contributed by atoms with Gasteiger partial charge in [-0.25, -0.2) is 0 Å². The van der Waals surface area contributed by atoms with Gasteiger partial charge in [-0.1, -0.05) is 43.2 Å². The molecule has 0 spiro atoms. The van der Waals surface area contributed by atoms with Crippen LogP contribution < -0.4 is 0 Å². The number of methoxy groups -OCH3 is 1. The molecule has 0 aromatic heterocycles. The minimum Gasteiger partial charge on any atom is -0.481 e. The van der Waals surface area contributed by atoms with Gasteiger partial charge in [-0.05, 0) is 42.9 Å². The molecule has 164 valence electrons. The summed E-state index contributed by atoms with van der Waals surface area (Å²) in [6.45, 7) is 1.32. The molecule has 1 atom stereocenters. The van der Waals surface area contributed by atoms with Crippen LogP contribution in [0.5, 0.6) is 0 Å². The van der Waals surface area contributed by atoms with E-state index in [4.69, 9.17) is 9.84 Å². The van der Waals surface area contributed by atoms with E-state index in [1.165, 1.54) is 0 Å². The molecule has 1 aromatic rings. The Kier molecular flexibility index (Phi) is 10.3. The number of aliphatic carboxylic acids is 1. The maximum absolute atomic E-state index is 12.4. The third-order valence-electron chi connectivity index (χ3n) is 5.38. The molecule has 0 bridgehead atoms. The number of hydrogen-bond donors (Lipinski definition) is 1. The summed E-state index contributed by atoms with van der Waals surface area (Å²) in [6, 6.07) is 7.98. The number of carboxylic acids is 1. The number of likely N-dealkylation sites (tertiary alicyclic amines) is 1. The minimum atomic E-state index is -0.763. The number of benzene rings is 1. The second-order valence-corrected chi connectivity index (χ2v) is 7.82. The van der Waals surface area contributed by atoms with E-state index >= 15 is 0 Å². The number of carboxylic acid groups (broad SMARTS) is 1. The normalized spacial score (nSPS) is 16.5. The van der Waals surface area contributed by atoms with Crippen LogP contribution in [0, 0.1) is 0 Å². The molecule has 1 heterocycles. The summed E-state index contributed by atoms with van der Waals surface area (Å²) < 4.78 is 5.10. The summed E-state index contributed by atoms with van der Waals surface area (Å²) in [5.74, 6) is -0.596. The van der Waals surface area contributed by atoms with Crippen molar-refractivity contribution >= 4 is 17.7 Å². The van der Waals surface area contributed by atoms with Crippen molar-refractivity contribution in [3.05, 3.63) is 47.5 Å². The van der Waals surface area contributed by atoms with E-state index in [0.717, 1.165) is 43.2 Å². The number of ether oxygens (including phenoxy) is 1. The van der Waals surface area contributed by atoms with Crippen molar-refractivity contribution in [2.24, 2.45) is 0 Å². The first-order chi connectivity index (χ1) is 14.5. The number of carbonyl (C=O) groups excluding carboxylic acids is 2. The fourth-order valence-corrected chi connectivity index (χ4v) is 3.75. The van der Waals surface area contributed by atoms with Crippen LogP contribution in [-0.2, 0) is 32.0 Å². The molecule has 1 amide bonds. The van der Waals surface area contributed by atoms with Crippen LogP contribution in [0.2, 0.25) is 0 Å². The summed E-state index contributed by atoms with van der Waals surface area (Å²) in [6.07, 6.45) is 9.42. The number of ketones is 1. The van der Waals surface area contributed by atoms with Gasteiger partial charge in [0.2, 0.25) is 5.91 Å². The van der Waals surface area contributed by atoms with Gasteiger partial charge in [0.05, 0.1) is 12.6 Å². The summed E-state index contributed by atoms with van der Waals surface area (Å²) in [7, 11) is 1.68. The maximum atomic E-state index is 12.4. The van der Waals surface area contributed by atoms with Gasteiger partial charge in [0.15, 0.2) is 5.78 Å². The van der Waals surface area contributed by atoms with Crippen LogP contribution in [0.15, 0.2) is 36.4 Å². The van der Waals surface area contributed by atoms with Crippen molar-refractivity contribution in [1.82, 2.24) is 4.90 Å². The number of allylic oxidation sites excluding steroid dienone is 1. The Morgan fingerprint density at radius 3 is 2.73 bits per heavy atom. The minimum absolute atomic E-state index is 0.0199. The van der Waals surface area contributed by atoms with Crippen LogP contribution in [-0.4, -0.2) is 54.0 Å². The molecule has 0 radical (unpaired) electrons. The van der Waals surface area contributed by atoms with Crippen molar-refractivity contribution in [2.45, 2.75) is 63.8 Å². The van der Waals surface area contributed by atoms with E-state index in [9.17, 15) is 14.4 Å². The monoisotopic (exact) mass is 415 g/mol. The molecule has 1 N–H and O–H groups in total. The molecule has 1 aliphatic heterocycles. The number of unbranched alkanes of at least 4 members (excludes halogenated alkanes) is 3. The Morgan fingerprint density at radius 2 is 1.97 bits per heavy atom. The summed E-state index contributed by atoms with van der Waals surface area (Å²) in [4.78, 5) is 37.0. The molecular formula is C24H33NO5. The average molecular weight is 416 g/mol. The van der Waals surface area contributed by atoms with E-state index in [-0.39, 0.29) is 24.2 Å². The standard InChI is InChI=1S/C24H33NO5/c1-30-16-14-19-7-6-8-20(17-19)18-22(26)12-10-21-11-13-23(27)25(21)15-5-3-2-4-9-24(28)29/h6-8,10,12,17,21H,2-5,9,11,13-16,18H2,1H3,(H,28,29)/b12-10+. The third kappa shape index (κ3) is 8.49. The van der Waals surface area contributed by atoms with Gasteiger partial charge < -0.3 is 14.7 Å². The average Bonchev–Trinajstić information content (AvgIpc) is 3.07. The van der Waals surface area contributed by atoms with Gasteiger partial charge in [-0.15, -0.1) is 0 Å². The van der Waals surface area contributed by atoms with Crippen LogP contribution in [0.3, 0.4) is 0 Å². The second kappa shape index (κ2) is 13.0. The van der Waals surface area contributed by atoms with Gasteiger partial charge in [0.25, 0.3) is 0 Å². The lowest BCUT2D eigenvalue weighted by Gasteiger charge is -2.22. The SMILES string of the molecule is COCCc1cccc(CC(=O)/C=C/C2CCC(=O)N2CCCCCCC(=O)O)c1. The zero-order chi connectivity index (χ0) is 21.8. The molecule has 1 aromatic carbocycles. The van der Waals surface area contributed by atoms with Crippen molar-refractivity contribution < 1.29 is 24.2 Å². The molecule has 30 heavy (non-hydrogen) atoms. The highest BCUT2D eigenvalue weighted by molar-refractivity contribution is 5.91. The summed E-state index contributed by atoms with van der Waals surface area (Å²) >= 11 is 0. The molecule has 2 rings (SSSR count). The van der Waals surface area contributed by atoms with Gasteiger partial charge in [0, 0.05) is 32.9 Å². The molecule has 0 saturated carbocycles. The van der Waals surface area contributed by atoms with Gasteiger partial charge in [-0.2, -0.15) is 0 Å². The molecule has 1 fully saturated rings. The van der Waals surface area contributed by atoms with Crippen molar-refractivity contribution in [3.8, 4) is 0 Å². The molecule has 6 nitrogen and oxygen atoms in total. The van der Waals surface area contributed by atoms with Crippen molar-refractivity contribution in [1.29, 1.82) is 0 Å². The lowest BCUT2D eigenvalue weighted by atomic mass is 10.0. The van der Waals surface area contributed by atoms with Gasteiger partial charge in [-0.3, -0.25) is 14.4 Å². The Bertz CT molecular complexity index is 743. The van der Waals surface area contributed by atoms with E-state index in [2.05, 4.69) is 0 Å². The fourth-order valence-electron chi connectivity index (χ4n) is 3.75. The molecule has 1 unspecified atom stereocenters. The highest BCUT2D eigenvalue weighted by Gasteiger charge is 2.28. The zero-order valence-electron chi connectivity index (χ0n) is 17.8. The molecule has 0 aliphatic carbocycles. The number of carbonyl (C=O) groups is 3. The highest BCUT2D eigenvalue weighted by Crippen LogP contribution is 2.21. The molecule has 6 heteroatoms. The number of nitrogens with zero attached hydrogens (tertiary/aromatic N) is 1. The lowest BCUT2D eigenvalue weighted by molar-refractivity contribution is -0.137. The predicted molar refractivity (Wildman–Crippen MR) is 115 cm³/mol. The van der Waals surface area contributed by atoms with Crippen molar-refractivity contribution in [3.63, 3.8) is 0 Å². The van der Waals surface area contributed by atoms with Gasteiger partial charge >= 0.3 is 5.97 Å². The van der Waals surface area contributed by atoms with E-state index in [1.807, 2.05) is 35.2 Å². The topological polar surface area (TPSA) is 83.9 Å². The van der Waals surface area contributed by atoms with Crippen LogP contribution in [0.1, 0.15) is 56.1 Å². The number of hydrogen-bond acceptors (Lipinski definition) is 4. The Labute approximate surface area is 178 Å². The second-order valence-electron chi connectivity index (χ2n) is 7.82. The first kappa shape index (κ1) is 23.8. The van der Waals surface area contributed by atoms with Gasteiger partial charge in [0.1, 0.15) is 0 Å². The zero-order valence-corrected chi connectivity index (χ0v) is 17.8. The smallest absolute Gasteiger partial charge is 0.303 e. The Morgan fingerprint density at radius 1 is 1.20 bits per heavy atom. The summed E-state index contributed by atoms with van der Waals surface area (Å²) in [5, 5.41) is 8.66. The number of rotatable bonds is 14. The lowest BCUT2D eigenvalue weighted by Crippen LogP contribution is -2.32. The Balaban J connectivity index is 1.79. The largest absolute Gasteiger partial charge is 0.481 e. The number of amides is 1. The van der Waals surface area contributed by atoms with E-state index < -0.39 is 5.97 Å². The first-order valence-corrected chi connectivity index (χ1v) is 10.8. The molecule has 1 saturated heterocycles. The quantitative estimate of drug-likeness (QED) is 0.371. The van der Waals surface area contributed by atoms with E-state index in [1.54, 1.807) is 13.2 Å².